The smallest absolute Gasteiger partial charge is 0.257 e. The van der Waals surface area contributed by atoms with Gasteiger partial charge in [0.25, 0.3) is 5.91 Å². The first-order chi connectivity index (χ1) is 12.6. The first-order valence-electron chi connectivity index (χ1n) is 8.33. The Hall–Kier alpha value is -2.24. The lowest BCUT2D eigenvalue weighted by atomic mass is 10.2. The van der Waals surface area contributed by atoms with Crippen LogP contribution in [0.25, 0.3) is 11.1 Å². The number of carbonyl (C=O) groups is 1. The van der Waals surface area contributed by atoms with Gasteiger partial charge in [-0.2, -0.15) is 0 Å². The quantitative estimate of drug-likeness (QED) is 0.662. The molecule has 1 saturated carbocycles. The average molecular weight is 391 g/mol. The van der Waals surface area contributed by atoms with Gasteiger partial charge in [0, 0.05) is 23.8 Å². The molecule has 1 aliphatic carbocycles. The normalized spacial score (nSPS) is 13.9. The molecule has 2 heterocycles. The molecule has 1 fully saturated rings. The van der Waals surface area contributed by atoms with Crippen molar-refractivity contribution in [1.82, 2.24) is 9.88 Å². The van der Waals surface area contributed by atoms with E-state index in [1.165, 1.54) is 0 Å². The van der Waals surface area contributed by atoms with Crippen molar-refractivity contribution in [2.45, 2.75) is 31.3 Å². The fourth-order valence-electron chi connectivity index (χ4n) is 2.92. The molecule has 3 aromatic rings. The minimum absolute atomic E-state index is 0.111. The third-order valence-electron chi connectivity index (χ3n) is 4.44. The van der Waals surface area contributed by atoms with Gasteiger partial charge >= 0.3 is 0 Å². The van der Waals surface area contributed by atoms with Crippen molar-refractivity contribution < 1.29 is 9.21 Å². The van der Waals surface area contributed by atoms with E-state index in [1.54, 1.807) is 24.4 Å². The summed E-state index contributed by atoms with van der Waals surface area (Å²) in [5.41, 5.74) is 1.16. The second kappa shape index (κ2) is 6.82. The summed E-state index contributed by atoms with van der Waals surface area (Å²) >= 11 is 11.7. The lowest BCUT2D eigenvalue weighted by Crippen LogP contribution is -2.29. The highest BCUT2D eigenvalue weighted by Crippen LogP contribution is 2.37. The second-order valence-corrected chi connectivity index (χ2v) is 7.09. The number of nitrogens with zero attached hydrogens (tertiary/aromatic N) is 1. The molecule has 1 amide bonds. The van der Waals surface area contributed by atoms with E-state index < -0.39 is 5.91 Å². The van der Waals surface area contributed by atoms with E-state index in [1.807, 2.05) is 16.7 Å². The zero-order valence-electron chi connectivity index (χ0n) is 13.8. The Morgan fingerprint density at radius 2 is 2.00 bits per heavy atom. The number of alkyl halides is 1. The molecule has 0 unspecified atom stereocenters. The molecule has 26 heavy (non-hydrogen) atoms. The molecule has 1 aromatic carbocycles. The Morgan fingerprint density at radius 3 is 2.65 bits per heavy atom. The van der Waals surface area contributed by atoms with Crippen LogP contribution >= 0.6 is 23.2 Å². The summed E-state index contributed by atoms with van der Waals surface area (Å²) in [6, 6.07) is 9.06. The third-order valence-corrected chi connectivity index (χ3v) is 4.95. The zero-order valence-corrected chi connectivity index (χ0v) is 15.3. The van der Waals surface area contributed by atoms with E-state index in [4.69, 9.17) is 27.6 Å². The van der Waals surface area contributed by atoms with Crippen LogP contribution in [0.4, 0.5) is 0 Å². The van der Waals surface area contributed by atoms with Crippen LogP contribution in [0.2, 0.25) is 5.02 Å². The van der Waals surface area contributed by atoms with Gasteiger partial charge in [-0.25, -0.2) is 0 Å². The number of aromatic nitrogens is 1. The maximum atomic E-state index is 12.8. The molecule has 0 saturated heterocycles. The van der Waals surface area contributed by atoms with Crippen LogP contribution < -0.4 is 10.7 Å². The molecule has 0 spiro atoms. The standard InChI is InChI=1S/C19H16Cl2N2O3/c20-8-14-7-15-17(24)16(10-23(13-5-6-13)19(15)26-14)18(25)22-9-11-1-3-12(21)4-2-11/h1-4,7,10,13H,5-6,8-9H2,(H,22,25). The van der Waals surface area contributed by atoms with Gasteiger partial charge in [-0.05, 0) is 36.6 Å². The van der Waals surface area contributed by atoms with Crippen molar-refractivity contribution in [2.24, 2.45) is 0 Å². The molecule has 134 valence electrons. The summed E-state index contributed by atoms with van der Waals surface area (Å²) in [7, 11) is 0. The maximum Gasteiger partial charge on any atom is 0.257 e. The fourth-order valence-corrected chi connectivity index (χ4v) is 3.18. The summed E-state index contributed by atoms with van der Waals surface area (Å²) in [6.45, 7) is 0.315. The van der Waals surface area contributed by atoms with Crippen molar-refractivity contribution in [3.8, 4) is 0 Å². The van der Waals surface area contributed by atoms with Crippen LogP contribution in [0.1, 0.15) is 40.6 Å². The molecule has 5 nitrogen and oxygen atoms in total. The number of pyridine rings is 1. The number of hydrogen-bond acceptors (Lipinski definition) is 3. The summed E-state index contributed by atoms with van der Waals surface area (Å²) in [6.07, 6.45) is 3.60. The van der Waals surface area contributed by atoms with Crippen molar-refractivity contribution in [3.63, 3.8) is 0 Å². The van der Waals surface area contributed by atoms with E-state index in [9.17, 15) is 9.59 Å². The number of furan rings is 1. The predicted octanol–water partition coefficient (Wildman–Crippen LogP) is 4.25. The van der Waals surface area contributed by atoms with E-state index in [-0.39, 0.29) is 22.9 Å². The van der Waals surface area contributed by atoms with Gasteiger partial charge < -0.3 is 14.3 Å². The van der Waals surface area contributed by atoms with Crippen LogP contribution in [0.5, 0.6) is 0 Å². The number of benzene rings is 1. The van der Waals surface area contributed by atoms with Gasteiger partial charge in [-0.15, -0.1) is 11.6 Å². The molecule has 0 atom stereocenters. The van der Waals surface area contributed by atoms with Crippen LogP contribution in [0, 0.1) is 0 Å². The van der Waals surface area contributed by atoms with Crippen molar-refractivity contribution in [2.75, 3.05) is 0 Å². The number of fused-ring (bicyclic) bond motifs is 1. The Labute approximate surface area is 159 Å². The number of nitrogens with one attached hydrogen (secondary N) is 1. The van der Waals surface area contributed by atoms with Crippen LogP contribution in [-0.4, -0.2) is 10.5 Å². The largest absolute Gasteiger partial charge is 0.443 e. The SMILES string of the molecule is O=C(NCc1ccc(Cl)cc1)c1cn(C2CC2)c2oc(CCl)cc2c1=O. The van der Waals surface area contributed by atoms with Crippen LogP contribution in [0.15, 0.2) is 45.7 Å². The number of rotatable bonds is 5. The highest BCUT2D eigenvalue weighted by atomic mass is 35.5. The van der Waals surface area contributed by atoms with Gasteiger partial charge in [0.05, 0.1) is 11.3 Å². The molecule has 7 heteroatoms. The topological polar surface area (TPSA) is 64.2 Å². The lowest BCUT2D eigenvalue weighted by Gasteiger charge is -2.10. The van der Waals surface area contributed by atoms with Crippen molar-refractivity contribution >= 4 is 40.2 Å². The van der Waals surface area contributed by atoms with E-state index in [0.717, 1.165) is 18.4 Å². The highest BCUT2D eigenvalue weighted by molar-refractivity contribution is 6.30. The molecule has 1 aliphatic rings. The fraction of sp³-hybridized carbons (Fsp3) is 0.263. The number of carbonyl (C=O) groups excluding carboxylic acids is 1. The molecular formula is C19H16Cl2N2O3. The molecule has 4 rings (SSSR count). The average Bonchev–Trinajstić information content (AvgIpc) is 3.39. The van der Waals surface area contributed by atoms with Gasteiger partial charge in [0.15, 0.2) is 0 Å². The minimum Gasteiger partial charge on any atom is -0.443 e. The number of amides is 1. The van der Waals surface area contributed by atoms with Crippen LogP contribution in [-0.2, 0) is 12.4 Å². The van der Waals surface area contributed by atoms with Crippen molar-refractivity contribution in [3.05, 3.63) is 68.7 Å². The van der Waals surface area contributed by atoms with Gasteiger partial charge in [0.1, 0.15) is 11.3 Å². The molecule has 0 bridgehead atoms. The summed E-state index contributed by atoms with van der Waals surface area (Å²) in [4.78, 5) is 25.4. The number of halogens is 2. The minimum atomic E-state index is -0.408. The molecular weight excluding hydrogens is 375 g/mol. The Balaban J connectivity index is 1.66. The Kier molecular flexibility index (Phi) is 4.51. The summed E-state index contributed by atoms with van der Waals surface area (Å²) in [5.74, 6) is 0.290. The first-order valence-corrected chi connectivity index (χ1v) is 9.24. The molecule has 1 N–H and O–H groups in total. The lowest BCUT2D eigenvalue weighted by molar-refractivity contribution is 0.0949. The summed E-state index contributed by atoms with van der Waals surface area (Å²) in [5, 5.41) is 3.82. The van der Waals surface area contributed by atoms with E-state index in [0.29, 0.717) is 28.4 Å². The summed E-state index contributed by atoms with van der Waals surface area (Å²) < 4.78 is 7.57. The van der Waals surface area contributed by atoms with E-state index >= 15 is 0 Å². The Morgan fingerprint density at radius 1 is 1.27 bits per heavy atom. The zero-order chi connectivity index (χ0) is 18.3. The Bertz CT molecular complexity index is 1030. The molecule has 0 radical (unpaired) electrons. The van der Waals surface area contributed by atoms with Gasteiger partial charge in [-0.3, -0.25) is 9.59 Å². The molecule has 2 aromatic heterocycles. The predicted molar refractivity (Wildman–Crippen MR) is 101 cm³/mol. The maximum absolute atomic E-state index is 12.8. The monoisotopic (exact) mass is 390 g/mol. The van der Waals surface area contributed by atoms with E-state index in [2.05, 4.69) is 5.32 Å². The second-order valence-electron chi connectivity index (χ2n) is 6.38. The number of hydrogen-bond donors (Lipinski definition) is 1. The highest BCUT2D eigenvalue weighted by Gasteiger charge is 2.28. The van der Waals surface area contributed by atoms with Gasteiger partial charge in [0.2, 0.25) is 11.1 Å². The third kappa shape index (κ3) is 3.24. The molecule has 0 aliphatic heterocycles. The first kappa shape index (κ1) is 17.2. The van der Waals surface area contributed by atoms with Gasteiger partial charge in [-0.1, -0.05) is 23.7 Å². The van der Waals surface area contributed by atoms with Crippen molar-refractivity contribution in [1.29, 1.82) is 0 Å². The van der Waals surface area contributed by atoms with Crippen LogP contribution in [0.3, 0.4) is 0 Å².